The van der Waals surface area contributed by atoms with Gasteiger partial charge in [-0.05, 0) is 47.3 Å². The summed E-state index contributed by atoms with van der Waals surface area (Å²) in [6.07, 6.45) is 6.26. The molecule has 0 bridgehead atoms. The van der Waals surface area contributed by atoms with Crippen LogP contribution in [0.4, 0.5) is 5.69 Å². The van der Waals surface area contributed by atoms with Gasteiger partial charge in [0.15, 0.2) is 6.61 Å². The summed E-state index contributed by atoms with van der Waals surface area (Å²) < 4.78 is 5.70. The van der Waals surface area contributed by atoms with Crippen molar-refractivity contribution < 1.29 is 14.3 Å². The zero-order valence-electron chi connectivity index (χ0n) is 12.7. The number of amides is 1. The zero-order chi connectivity index (χ0) is 17.1. The molecule has 1 atom stereocenters. The molecule has 0 radical (unpaired) electrons. The van der Waals surface area contributed by atoms with Crippen molar-refractivity contribution in [3.63, 3.8) is 0 Å². The highest BCUT2D eigenvalue weighted by atomic mass is 79.9. The smallest absolute Gasteiger partial charge is 0.323 e. The van der Waals surface area contributed by atoms with E-state index in [1.807, 2.05) is 12.2 Å². The van der Waals surface area contributed by atoms with Crippen LogP contribution >= 0.6 is 15.9 Å². The fourth-order valence-corrected chi connectivity index (χ4v) is 3.04. The van der Waals surface area contributed by atoms with Crippen LogP contribution in [-0.4, -0.2) is 28.5 Å². The first-order chi connectivity index (χ1) is 11.5. The number of aromatic nitrogens is 2. The largest absolute Gasteiger partial charge is 0.455 e. The molecule has 3 rings (SSSR count). The summed E-state index contributed by atoms with van der Waals surface area (Å²) in [7, 11) is 0. The lowest BCUT2D eigenvalue weighted by Crippen LogP contribution is -2.25. The molecule has 0 saturated heterocycles. The van der Waals surface area contributed by atoms with Crippen molar-refractivity contribution in [2.45, 2.75) is 19.3 Å². The molecule has 1 aliphatic rings. The first-order valence-electron chi connectivity index (χ1n) is 7.56. The molecule has 1 aliphatic carbocycles. The van der Waals surface area contributed by atoms with E-state index < -0.39 is 5.91 Å². The van der Waals surface area contributed by atoms with E-state index in [-0.39, 0.29) is 24.2 Å². The van der Waals surface area contributed by atoms with Gasteiger partial charge in [-0.25, -0.2) is 4.79 Å². The van der Waals surface area contributed by atoms with Gasteiger partial charge in [0.1, 0.15) is 0 Å². The number of benzene rings is 1. The number of H-pyrrole nitrogens is 2. The summed E-state index contributed by atoms with van der Waals surface area (Å²) in [6.45, 7) is -0.340. The third-order valence-electron chi connectivity index (χ3n) is 3.83. The second-order valence-electron chi connectivity index (χ2n) is 5.59. The van der Waals surface area contributed by atoms with Gasteiger partial charge in [-0.15, -0.1) is 0 Å². The first kappa shape index (κ1) is 16.5. The molecule has 0 saturated carbocycles. The molecule has 1 amide bonds. The van der Waals surface area contributed by atoms with Crippen LogP contribution in [-0.2, 0) is 14.3 Å². The minimum absolute atomic E-state index is 0.171. The lowest BCUT2D eigenvalue weighted by Gasteiger charge is -2.16. The van der Waals surface area contributed by atoms with Crippen molar-refractivity contribution in [1.29, 1.82) is 0 Å². The van der Waals surface area contributed by atoms with E-state index in [9.17, 15) is 14.4 Å². The van der Waals surface area contributed by atoms with E-state index in [0.29, 0.717) is 27.6 Å². The number of hydrogen-bond acceptors (Lipinski definition) is 4. The number of ether oxygens (including phenoxy) is 1. The SMILES string of the molecule is O=C(COC(=O)[C@@H]1CC=CCC1)Nc1cc2[nH]c(=O)[nH]c2cc1Br. The zero-order valence-corrected chi connectivity index (χ0v) is 14.3. The minimum Gasteiger partial charge on any atom is -0.455 e. The number of anilines is 1. The van der Waals surface area contributed by atoms with E-state index in [0.717, 1.165) is 12.8 Å². The molecule has 1 heterocycles. The van der Waals surface area contributed by atoms with Gasteiger partial charge in [-0.1, -0.05) is 12.2 Å². The van der Waals surface area contributed by atoms with Crippen molar-refractivity contribution in [2.75, 3.05) is 11.9 Å². The van der Waals surface area contributed by atoms with Gasteiger partial charge in [-0.3, -0.25) is 9.59 Å². The summed E-state index contributed by atoms with van der Waals surface area (Å²) >= 11 is 3.33. The summed E-state index contributed by atoms with van der Waals surface area (Å²) in [5.74, 6) is -0.956. The molecular weight excluding hydrogens is 378 g/mol. The normalized spacial score (nSPS) is 17.0. The van der Waals surface area contributed by atoms with Gasteiger partial charge < -0.3 is 20.0 Å². The number of carbonyl (C=O) groups is 2. The summed E-state index contributed by atoms with van der Waals surface area (Å²) in [5.41, 5.74) is 1.36. The quantitative estimate of drug-likeness (QED) is 0.547. The highest BCUT2D eigenvalue weighted by molar-refractivity contribution is 9.10. The number of carbonyl (C=O) groups excluding carboxylic acids is 2. The van der Waals surface area contributed by atoms with Gasteiger partial charge in [0.2, 0.25) is 0 Å². The lowest BCUT2D eigenvalue weighted by atomic mass is 9.95. The second-order valence-corrected chi connectivity index (χ2v) is 6.45. The average molecular weight is 394 g/mol. The molecule has 7 nitrogen and oxygen atoms in total. The third-order valence-corrected chi connectivity index (χ3v) is 4.48. The highest BCUT2D eigenvalue weighted by Crippen LogP contribution is 2.26. The Morgan fingerprint density at radius 1 is 1.25 bits per heavy atom. The summed E-state index contributed by atoms with van der Waals surface area (Å²) in [6, 6.07) is 3.31. The Morgan fingerprint density at radius 3 is 2.71 bits per heavy atom. The number of imidazole rings is 1. The van der Waals surface area contributed by atoms with Crippen LogP contribution in [0.25, 0.3) is 11.0 Å². The van der Waals surface area contributed by atoms with E-state index >= 15 is 0 Å². The standard InChI is InChI=1S/C16H16BrN3O4/c17-10-6-12-13(20-16(23)19-12)7-11(10)18-14(21)8-24-15(22)9-4-2-1-3-5-9/h1-2,6-7,9H,3-5,8H2,(H,18,21)(H2,19,20,23)/t9-/m1/s1. The van der Waals surface area contributed by atoms with Gasteiger partial charge in [0.25, 0.3) is 5.91 Å². The Balaban J connectivity index is 1.60. The number of fused-ring (bicyclic) bond motifs is 1. The number of esters is 1. The van der Waals surface area contributed by atoms with E-state index in [1.165, 1.54) is 0 Å². The molecule has 8 heteroatoms. The van der Waals surface area contributed by atoms with E-state index in [1.54, 1.807) is 12.1 Å². The maximum atomic E-state index is 12.0. The number of allylic oxidation sites excluding steroid dienone is 2. The van der Waals surface area contributed by atoms with Crippen molar-refractivity contribution in [2.24, 2.45) is 5.92 Å². The molecule has 1 aromatic carbocycles. The molecular formula is C16H16BrN3O4. The van der Waals surface area contributed by atoms with Gasteiger partial charge >= 0.3 is 11.7 Å². The monoisotopic (exact) mass is 393 g/mol. The van der Waals surface area contributed by atoms with Crippen LogP contribution in [0.1, 0.15) is 19.3 Å². The number of nitrogens with one attached hydrogen (secondary N) is 3. The Kier molecular flexibility index (Phi) is 4.84. The summed E-state index contributed by atoms with van der Waals surface area (Å²) in [4.78, 5) is 40.4. The van der Waals surface area contributed by atoms with Gasteiger partial charge in [-0.2, -0.15) is 0 Å². The van der Waals surface area contributed by atoms with Crippen LogP contribution in [0, 0.1) is 5.92 Å². The Hall–Kier alpha value is -2.35. The molecule has 0 aliphatic heterocycles. The average Bonchev–Trinajstić information content (AvgIpc) is 2.92. The molecule has 24 heavy (non-hydrogen) atoms. The molecule has 0 fully saturated rings. The fraction of sp³-hybridized carbons (Fsp3) is 0.312. The first-order valence-corrected chi connectivity index (χ1v) is 8.35. The van der Waals surface area contributed by atoms with Crippen LogP contribution in [0.2, 0.25) is 0 Å². The van der Waals surface area contributed by atoms with Gasteiger partial charge in [0.05, 0.1) is 22.6 Å². The second kappa shape index (κ2) is 7.04. The highest BCUT2D eigenvalue weighted by Gasteiger charge is 2.21. The van der Waals surface area contributed by atoms with E-state index in [4.69, 9.17) is 4.74 Å². The molecule has 0 unspecified atom stereocenters. The number of aromatic amines is 2. The van der Waals surface area contributed by atoms with Crippen molar-refractivity contribution in [3.05, 3.63) is 39.2 Å². The van der Waals surface area contributed by atoms with Crippen molar-refractivity contribution >= 4 is 44.5 Å². The molecule has 3 N–H and O–H groups in total. The molecule has 1 aromatic heterocycles. The van der Waals surface area contributed by atoms with Crippen molar-refractivity contribution in [1.82, 2.24) is 9.97 Å². The topological polar surface area (TPSA) is 104 Å². The Bertz CT molecular complexity index is 868. The number of rotatable bonds is 4. The van der Waals surface area contributed by atoms with Crippen LogP contribution in [0.15, 0.2) is 33.6 Å². The lowest BCUT2D eigenvalue weighted by molar-refractivity contribution is -0.151. The van der Waals surface area contributed by atoms with Crippen LogP contribution in [0.3, 0.4) is 0 Å². The molecule has 126 valence electrons. The van der Waals surface area contributed by atoms with Crippen LogP contribution in [0.5, 0.6) is 0 Å². The molecule has 0 spiro atoms. The Morgan fingerprint density at radius 2 is 2.00 bits per heavy atom. The van der Waals surface area contributed by atoms with Crippen LogP contribution < -0.4 is 11.0 Å². The predicted octanol–water partition coefficient (Wildman–Crippen LogP) is 2.46. The predicted molar refractivity (Wildman–Crippen MR) is 92.7 cm³/mol. The third kappa shape index (κ3) is 3.76. The minimum atomic E-state index is -0.437. The number of hydrogen-bond donors (Lipinski definition) is 3. The fourth-order valence-electron chi connectivity index (χ4n) is 2.60. The van der Waals surface area contributed by atoms with Gasteiger partial charge in [0, 0.05) is 4.47 Å². The summed E-state index contributed by atoms with van der Waals surface area (Å²) in [5, 5.41) is 2.66. The Labute approximate surface area is 145 Å². The maximum Gasteiger partial charge on any atom is 0.323 e. The molecule has 2 aromatic rings. The number of halogens is 1. The van der Waals surface area contributed by atoms with E-state index in [2.05, 4.69) is 31.2 Å². The van der Waals surface area contributed by atoms with Crippen molar-refractivity contribution in [3.8, 4) is 0 Å². The maximum absolute atomic E-state index is 12.0.